The Morgan fingerprint density at radius 3 is 2.60 bits per heavy atom. The van der Waals surface area contributed by atoms with E-state index >= 15 is 0 Å². The third kappa shape index (κ3) is 4.76. The lowest BCUT2D eigenvalue weighted by Gasteiger charge is -2.29. The molecule has 1 rings (SSSR count). The number of ether oxygens (including phenoxy) is 1. The van der Waals surface area contributed by atoms with Crippen molar-refractivity contribution in [3.63, 3.8) is 0 Å². The lowest BCUT2D eigenvalue weighted by atomic mass is 9.96. The van der Waals surface area contributed by atoms with Gasteiger partial charge in [0.05, 0.1) is 6.61 Å². The monoisotopic (exact) mass is 297 g/mol. The number of nitrogens with zero attached hydrogens (tertiary/aromatic N) is 2. The Kier molecular flexibility index (Phi) is 6.42. The molecule has 112 valence electrons. The second-order valence-corrected chi connectivity index (χ2v) is 6.38. The van der Waals surface area contributed by atoms with Crippen molar-refractivity contribution in [2.24, 2.45) is 0 Å². The molecule has 0 aliphatic rings. The molecule has 0 bridgehead atoms. The molecule has 2 unspecified atom stereocenters. The van der Waals surface area contributed by atoms with E-state index in [0.29, 0.717) is 13.0 Å². The second-order valence-electron chi connectivity index (χ2n) is 4.98. The van der Waals surface area contributed by atoms with E-state index in [2.05, 4.69) is 22.2 Å². The smallest absolute Gasteiger partial charge is 0.326 e. The van der Waals surface area contributed by atoms with E-state index in [1.807, 2.05) is 20.8 Å². The average Bonchev–Trinajstić information content (AvgIpc) is 2.41. The number of aryl methyl sites for hydroxylation is 1. The van der Waals surface area contributed by atoms with Crippen LogP contribution >= 0.6 is 11.8 Å². The Morgan fingerprint density at radius 1 is 1.50 bits per heavy atom. The number of likely N-dealkylation sites (N-methyl/N-ethyl adjacent to an activating group) is 1. The molecule has 1 N–H and O–H groups in total. The molecule has 2 atom stereocenters. The largest absolute Gasteiger partial charge is 0.465 e. The first-order valence-electron chi connectivity index (χ1n) is 6.72. The van der Waals surface area contributed by atoms with Gasteiger partial charge in [-0.2, -0.15) is 0 Å². The SMILES string of the molecule is CCOC(=O)C(C)(CC(C)Sc1ncc(C)cn1)NC. The first-order valence-corrected chi connectivity index (χ1v) is 7.60. The van der Waals surface area contributed by atoms with Gasteiger partial charge in [0.25, 0.3) is 0 Å². The summed E-state index contributed by atoms with van der Waals surface area (Å²) in [6.45, 7) is 8.07. The topological polar surface area (TPSA) is 64.1 Å². The van der Waals surface area contributed by atoms with Gasteiger partial charge in [-0.3, -0.25) is 4.79 Å². The van der Waals surface area contributed by atoms with E-state index in [1.54, 1.807) is 31.2 Å². The minimum atomic E-state index is -0.687. The first kappa shape index (κ1) is 16.9. The van der Waals surface area contributed by atoms with E-state index in [1.165, 1.54) is 0 Å². The fourth-order valence-corrected chi connectivity index (χ4v) is 2.82. The minimum absolute atomic E-state index is 0.194. The summed E-state index contributed by atoms with van der Waals surface area (Å²) in [5, 5.41) is 3.98. The highest BCUT2D eigenvalue weighted by Gasteiger charge is 2.34. The fourth-order valence-electron chi connectivity index (χ4n) is 1.82. The number of thioether (sulfide) groups is 1. The zero-order valence-corrected chi connectivity index (χ0v) is 13.6. The van der Waals surface area contributed by atoms with Crippen LogP contribution in [0.5, 0.6) is 0 Å². The van der Waals surface area contributed by atoms with Crippen LogP contribution < -0.4 is 5.32 Å². The van der Waals surface area contributed by atoms with Crippen molar-refractivity contribution in [3.8, 4) is 0 Å². The van der Waals surface area contributed by atoms with Gasteiger partial charge in [0.1, 0.15) is 5.54 Å². The predicted molar refractivity (Wildman–Crippen MR) is 80.8 cm³/mol. The van der Waals surface area contributed by atoms with Crippen LogP contribution in [0.15, 0.2) is 17.6 Å². The lowest BCUT2D eigenvalue weighted by Crippen LogP contribution is -2.50. The van der Waals surface area contributed by atoms with Crippen molar-refractivity contribution in [1.82, 2.24) is 15.3 Å². The molecule has 1 heterocycles. The van der Waals surface area contributed by atoms with Crippen molar-refractivity contribution in [2.45, 2.75) is 50.1 Å². The van der Waals surface area contributed by atoms with E-state index in [-0.39, 0.29) is 11.2 Å². The Bertz CT molecular complexity index is 439. The summed E-state index contributed by atoms with van der Waals surface area (Å²) < 4.78 is 5.12. The summed E-state index contributed by atoms with van der Waals surface area (Å²) in [6.07, 6.45) is 4.24. The predicted octanol–water partition coefficient (Wildman–Crippen LogP) is 2.20. The van der Waals surface area contributed by atoms with Gasteiger partial charge in [-0.25, -0.2) is 9.97 Å². The summed E-state index contributed by atoms with van der Waals surface area (Å²) in [6, 6.07) is 0. The zero-order valence-electron chi connectivity index (χ0n) is 12.8. The van der Waals surface area contributed by atoms with Crippen LogP contribution in [-0.4, -0.2) is 40.4 Å². The molecule has 0 aliphatic carbocycles. The number of aromatic nitrogens is 2. The molecule has 0 fully saturated rings. The van der Waals surface area contributed by atoms with Crippen LogP contribution in [0.25, 0.3) is 0 Å². The van der Waals surface area contributed by atoms with Gasteiger partial charge in [0.2, 0.25) is 0 Å². The van der Waals surface area contributed by atoms with Gasteiger partial charge in [-0.1, -0.05) is 18.7 Å². The zero-order chi connectivity index (χ0) is 15.2. The van der Waals surface area contributed by atoms with Crippen molar-refractivity contribution >= 4 is 17.7 Å². The van der Waals surface area contributed by atoms with Crippen molar-refractivity contribution in [1.29, 1.82) is 0 Å². The molecule has 1 aromatic heterocycles. The van der Waals surface area contributed by atoms with E-state index in [0.717, 1.165) is 10.7 Å². The number of carbonyl (C=O) groups excluding carboxylic acids is 1. The maximum absolute atomic E-state index is 12.0. The lowest BCUT2D eigenvalue weighted by molar-refractivity contribution is -0.150. The average molecular weight is 297 g/mol. The van der Waals surface area contributed by atoms with E-state index < -0.39 is 5.54 Å². The molecule has 0 saturated carbocycles. The van der Waals surface area contributed by atoms with Crippen LogP contribution in [0.2, 0.25) is 0 Å². The summed E-state index contributed by atoms with van der Waals surface area (Å²) >= 11 is 1.56. The maximum atomic E-state index is 12.0. The number of hydrogen-bond acceptors (Lipinski definition) is 6. The third-order valence-corrected chi connectivity index (χ3v) is 4.03. The maximum Gasteiger partial charge on any atom is 0.326 e. The molecule has 6 heteroatoms. The highest BCUT2D eigenvalue weighted by Crippen LogP contribution is 2.26. The molecule has 0 amide bonds. The van der Waals surface area contributed by atoms with Crippen molar-refractivity contribution in [3.05, 3.63) is 18.0 Å². The van der Waals surface area contributed by atoms with Gasteiger partial charge in [-0.05, 0) is 39.8 Å². The third-order valence-electron chi connectivity index (χ3n) is 3.04. The molecule has 0 saturated heterocycles. The Labute approximate surface area is 124 Å². The summed E-state index contributed by atoms with van der Waals surface area (Å²) in [4.78, 5) is 20.5. The molecular weight excluding hydrogens is 274 g/mol. The number of nitrogens with one attached hydrogen (secondary N) is 1. The summed E-state index contributed by atoms with van der Waals surface area (Å²) in [5.41, 5.74) is 0.348. The highest BCUT2D eigenvalue weighted by molar-refractivity contribution is 7.99. The van der Waals surface area contributed by atoms with Crippen LogP contribution in [-0.2, 0) is 9.53 Å². The Balaban J connectivity index is 2.65. The van der Waals surface area contributed by atoms with Gasteiger partial charge in [0, 0.05) is 17.6 Å². The molecule has 0 radical (unpaired) electrons. The molecule has 0 aliphatic heterocycles. The van der Waals surface area contributed by atoms with Crippen molar-refractivity contribution in [2.75, 3.05) is 13.7 Å². The van der Waals surface area contributed by atoms with Crippen LogP contribution in [0.3, 0.4) is 0 Å². The number of esters is 1. The fraction of sp³-hybridized carbons (Fsp3) is 0.643. The van der Waals surface area contributed by atoms with Gasteiger partial charge < -0.3 is 10.1 Å². The molecule has 1 aromatic rings. The van der Waals surface area contributed by atoms with Crippen LogP contribution in [0.1, 0.15) is 32.8 Å². The van der Waals surface area contributed by atoms with Gasteiger partial charge >= 0.3 is 5.97 Å². The van der Waals surface area contributed by atoms with Crippen LogP contribution in [0, 0.1) is 6.92 Å². The molecule has 5 nitrogen and oxygen atoms in total. The highest BCUT2D eigenvalue weighted by atomic mass is 32.2. The normalized spacial score (nSPS) is 15.4. The molecule has 0 spiro atoms. The van der Waals surface area contributed by atoms with E-state index in [9.17, 15) is 4.79 Å². The second kappa shape index (κ2) is 7.59. The Hall–Kier alpha value is -1.14. The van der Waals surface area contributed by atoms with Crippen molar-refractivity contribution < 1.29 is 9.53 Å². The van der Waals surface area contributed by atoms with E-state index in [4.69, 9.17) is 4.74 Å². The summed E-state index contributed by atoms with van der Waals surface area (Å²) in [7, 11) is 1.77. The quantitative estimate of drug-likeness (QED) is 0.473. The standard InChI is InChI=1S/C14H23N3O2S/c1-6-19-12(18)14(4,15-5)7-11(3)20-13-16-8-10(2)9-17-13/h8-9,11,15H,6-7H2,1-5H3. The van der Waals surface area contributed by atoms with Gasteiger partial charge in [0.15, 0.2) is 5.16 Å². The first-order chi connectivity index (χ1) is 9.41. The summed E-state index contributed by atoms with van der Waals surface area (Å²) in [5.74, 6) is -0.222. The number of carbonyl (C=O) groups is 1. The molecule has 20 heavy (non-hydrogen) atoms. The van der Waals surface area contributed by atoms with Gasteiger partial charge in [-0.15, -0.1) is 0 Å². The van der Waals surface area contributed by atoms with Crippen LogP contribution in [0.4, 0.5) is 0 Å². The number of hydrogen-bond donors (Lipinski definition) is 1. The molecule has 0 aromatic carbocycles. The minimum Gasteiger partial charge on any atom is -0.465 e. The number of rotatable bonds is 7. The molecular formula is C14H23N3O2S. The Morgan fingerprint density at radius 2 is 2.10 bits per heavy atom.